The molecule has 0 saturated carbocycles. The van der Waals surface area contributed by atoms with Gasteiger partial charge in [-0.2, -0.15) is 0 Å². The molecule has 1 aromatic rings. The van der Waals surface area contributed by atoms with Gasteiger partial charge >= 0.3 is 0 Å². The van der Waals surface area contributed by atoms with E-state index in [2.05, 4.69) is 5.16 Å². The number of benzene rings is 1. The summed E-state index contributed by atoms with van der Waals surface area (Å²) in [4.78, 5) is 0. The number of hydrogen-bond acceptors (Lipinski definition) is 3. The smallest absolute Gasteiger partial charge is 0.218 e. The van der Waals surface area contributed by atoms with E-state index in [0.717, 1.165) is 17.5 Å². The molecule has 3 heteroatoms. The Morgan fingerprint density at radius 2 is 1.83 bits per heavy atom. The standard InChI is InChI=1S/C9H11NO2/c1-7-3-8(2)5-9(4-7)12-6-10-11/h3-6,11H,1-2H3/b10-6-. The molecule has 0 fully saturated rings. The summed E-state index contributed by atoms with van der Waals surface area (Å²) in [5.74, 6) is 0.685. The minimum Gasteiger partial charge on any atom is -0.442 e. The maximum Gasteiger partial charge on any atom is 0.218 e. The van der Waals surface area contributed by atoms with Gasteiger partial charge in [0.2, 0.25) is 6.40 Å². The molecular formula is C9H11NO2. The number of oxime groups is 1. The molecule has 0 spiro atoms. The van der Waals surface area contributed by atoms with Crippen LogP contribution in [0.5, 0.6) is 5.75 Å². The molecule has 1 aromatic carbocycles. The number of ether oxygens (including phenoxy) is 1. The molecule has 0 unspecified atom stereocenters. The van der Waals surface area contributed by atoms with Crippen LogP contribution in [0.4, 0.5) is 0 Å². The van der Waals surface area contributed by atoms with Gasteiger partial charge in [-0.25, -0.2) is 0 Å². The molecule has 0 saturated heterocycles. The predicted molar refractivity (Wildman–Crippen MR) is 46.8 cm³/mol. The molecular weight excluding hydrogens is 154 g/mol. The van der Waals surface area contributed by atoms with Crippen molar-refractivity contribution < 1.29 is 9.94 Å². The summed E-state index contributed by atoms with van der Waals surface area (Å²) in [5, 5.41) is 10.9. The fourth-order valence-electron chi connectivity index (χ4n) is 1.09. The van der Waals surface area contributed by atoms with Gasteiger partial charge in [-0.05, 0) is 37.1 Å². The van der Waals surface area contributed by atoms with Crippen molar-refractivity contribution in [3.63, 3.8) is 0 Å². The van der Waals surface area contributed by atoms with E-state index in [4.69, 9.17) is 9.94 Å². The van der Waals surface area contributed by atoms with Crippen molar-refractivity contribution in [2.45, 2.75) is 13.8 Å². The number of rotatable bonds is 2. The van der Waals surface area contributed by atoms with Crippen LogP contribution in [0.1, 0.15) is 11.1 Å². The van der Waals surface area contributed by atoms with Crippen molar-refractivity contribution in [1.29, 1.82) is 0 Å². The molecule has 1 N–H and O–H groups in total. The Bertz CT molecular complexity index is 274. The Kier molecular flexibility index (Phi) is 2.69. The summed E-state index contributed by atoms with van der Waals surface area (Å²) in [6, 6.07) is 5.78. The van der Waals surface area contributed by atoms with Crippen LogP contribution in [0.15, 0.2) is 23.4 Å². The van der Waals surface area contributed by atoms with Gasteiger partial charge in [0, 0.05) is 0 Å². The van der Waals surface area contributed by atoms with E-state index in [1.807, 2.05) is 32.0 Å². The normalized spacial score (nSPS) is 10.5. The van der Waals surface area contributed by atoms with E-state index in [9.17, 15) is 0 Å². The van der Waals surface area contributed by atoms with E-state index >= 15 is 0 Å². The van der Waals surface area contributed by atoms with Crippen molar-refractivity contribution in [2.75, 3.05) is 0 Å². The molecule has 0 aromatic heterocycles. The number of aryl methyl sites for hydroxylation is 2. The summed E-state index contributed by atoms with van der Waals surface area (Å²) in [5.41, 5.74) is 2.24. The topological polar surface area (TPSA) is 41.8 Å². The van der Waals surface area contributed by atoms with Crippen molar-refractivity contribution in [3.8, 4) is 5.75 Å². The zero-order valence-corrected chi connectivity index (χ0v) is 7.11. The van der Waals surface area contributed by atoms with E-state index < -0.39 is 0 Å². The molecule has 0 atom stereocenters. The second-order valence-corrected chi connectivity index (χ2v) is 2.66. The summed E-state index contributed by atoms with van der Waals surface area (Å²) < 4.78 is 4.98. The van der Waals surface area contributed by atoms with Crippen LogP contribution in [0.2, 0.25) is 0 Å². The van der Waals surface area contributed by atoms with Crippen LogP contribution >= 0.6 is 0 Å². The highest BCUT2D eigenvalue weighted by Gasteiger charge is 1.94. The molecule has 0 aliphatic heterocycles. The molecule has 0 bridgehead atoms. The summed E-state index contributed by atoms with van der Waals surface area (Å²) in [7, 11) is 0. The zero-order valence-electron chi connectivity index (χ0n) is 7.11. The highest BCUT2D eigenvalue weighted by molar-refractivity contribution is 5.51. The molecule has 3 nitrogen and oxygen atoms in total. The summed E-state index contributed by atoms with van der Waals surface area (Å²) in [6.45, 7) is 3.96. The number of nitrogens with zero attached hydrogens (tertiary/aromatic N) is 1. The molecule has 1 rings (SSSR count). The van der Waals surface area contributed by atoms with Crippen LogP contribution in [0.3, 0.4) is 0 Å². The van der Waals surface area contributed by atoms with Crippen LogP contribution in [0, 0.1) is 13.8 Å². The van der Waals surface area contributed by atoms with Crippen LogP contribution in [-0.4, -0.2) is 11.6 Å². The van der Waals surface area contributed by atoms with Crippen molar-refractivity contribution in [3.05, 3.63) is 29.3 Å². The van der Waals surface area contributed by atoms with E-state index in [1.54, 1.807) is 0 Å². The Balaban J connectivity index is 2.85. The fraction of sp³-hybridized carbons (Fsp3) is 0.222. The van der Waals surface area contributed by atoms with Gasteiger partial charge in [-0.1, -0.05) is 11.2 Å². The third-order valence-corrected chi connectivity index (χ3v) is 1.43. The Labute approximate surface area is 71.3 Å². The first kappa shape index (κ1) is 8.59. The van der Waals surface area contributed by atoms with Gasteiger partial charge in [0.05, 0.1) is 0 Å². The molecule has 0 amide bonds. The average molecular weight is 165 g/mol. The highest BCUT2D eigenvalue weighted by atomic mass is 16.5. The first-order chi connectivity index (χ1) is 5.72. The van der Waals surface area contributed by atoms with Crippen LogP contribution < -0.4 is 4.74 Å². The maximum absolute atomic E-state index is 8.11. The van der Waals surface area contributed by atoms with E-state index in [1.165, 1.54) is 0 Å². The monoisotopic (exact) mass is 165 g/mol. The molecule has 0 aliphatic rings. The fourth-order valence-corrected chi connectivity index (χ4v) is 1.09. The Hall–Kier alpha value is -1.51. The minimum atomic E-state index is 0.685. The first-order valence-corrected chi connectivity index (χ1v) is 3.63. The first-order valence-electron chi connectivity index (χ1n) is 3.63. The van der Waals surface area contributed by atoms with Gasteiger partial charge < -0.3 is 9.94 Å². The largest absolute Gasteiger partial charge is 0.442 e. The average Bonchev–Trinajstić information content (AvgIpc) is 1.99. The van der Waals surface area contributed by atoms with Crippen molar-refractivity contribution >= 4 is 6.40 Å². The van der Waals surface area contributed by atoms with Crippen molar-refractivity contribution in [1.82, 2.24) is 0 Å². The lowest BCUT2D eigenvalue weighted by molar-refractivity contribution is 0.309. The van der Waals surface area contributed by atoms with E-state index in [-0.39, 0.29) is 0 Å². The summed E-state index contributed by atoms with van der Waals surface area (Å²) >= 11 is 0. The SMILES string of the molecule is Cc1cc(C)cc(O/C=N\O)c1. The number of hydrogen-bond donors (Lipinski definition) is 1. The van der Waals surface area contributed by atoms with Gasteiger partial charge in [0.15, 0.2) is 0 Å². The van der Waals surface area contributed by atoms with Crippen molar-refractivity contribution in [2.24, 2.45) is 5.16 Å². The van der Waals surface area contributed by atoms with Gasteiger partial charge in [0.1, 0.15) is 5.75 Å². The lowest BCUT2D eigenvalue weighted by Gasteiger charge is -2.01. The van der Waals surface area contributed by atoms with Gasteiger partial charge in [-0.3, -0.25) is 0 Å². The molecule has 0 radical (unpaired) electrons. The Morgan fingerprint density at radius 1 is 1.25 bits per heavy atom. The van der Waals surface area contributed by atoms with Gasteiger partial charge in [-0.15, -0.1) is 0 Å². The summed E-state index contributed by atoms with van der Waals surface area (Å²) in [6.07, 6.45) is 0.994. The highest BCUT2D eigenvalue weighted by Crippen LogP contribution is 2.15. The lowest BCUT2D eigenvalue weighted by Crippen LogP contribution is -1.90. The second-order valence-electron chi connectivity index (χ2n) is 2.66. The van der Waals surface area contributed by atoms with Crippen LogP contribution in [-0.2, 0) is 0 Å². The Morgan fingerprint density at radius 3 is 2.33 bits per heavy atom. The lowest BCUT2D eigenvalue weighted by atomic mass is 10.1. The molecule has 64 valence electrons. The predicted octanol–water partition coefficient (Wildman–Crippen LogP) is 2.10. The van der Waals surface area contributed by atoms with Crippen LogP contribution in [0.25, 0.3) is 0 Å². The maximum atomic E-state index is 8.11. The molecule has 0 aliphatic carbocycles. The quantitative estimate of drug-likeness (QED) is 0.315. The second kappa shape index (κ2) is 3.76. The third kappa shape index (κ3) is 2.27. The molecule has 0 heterocycles. The van der Waals surface area contributed by atoms with Gasteiger partial charge in [0.25, 0.3) is 0 Å². The minimum absolute atomic E-state index is 0.685. The van der Waals surface area contributed by atoms with E-state index in [0.29, 0.717) is 5.75 Å². The third-order valence-electron chi connectivity index (χ3n) is 1.43. The zero-order chi connectivity index (χ0) is 8.97. The molecule has 12 heavy (non-hydrogen) atoms.